The highest BCUT2D eigenvalue weighted by Crippen LogP contribution is 2.29. The van der Waals surface area contributed by atoms with Gasteiger partial charge in [-0.25, -0.2) is 4.79 Å². The number of para-hydroxylation sites is 1. The Balaban J connectivity index is 2.31. The van der Waals surface area contributed by atoms with Gasteiger partial charge < -0.3 is 19.5 Å². The van der Waals surface area contributed by atoms with Crippen molar-refractivity contribution in [1.29, 1.82) is 0 Å². The molecule has 0 amide bonds. The maximum Gasteiger partial charge on any atom is 0.333 e. The standard InChI is InChI=1S/C17H19NO4/c1-20-13-10-8-12(9-11-13)18-16(17(19)22-3)14-6-4-5-7-15(14)21-2/h4-11,16,18H,1-3H3. The SMILES string of the molecule is COC(=O)C(Nc1ccc(OC)cc1)c1ccccc1OC. The van der Waals surface area contributed by atoms with Crippen LogP contribution in [0.2, 0.25) is 0 Å². The van der Waals surface area contributed by atoms with E-state index < -0.39 is 6.04 Å². The maximum absolute atomic E-state index is 12.1. The first-order valence-electron chi connectivity index (χ1n) is 6.81. The highest BCUT2D eigenvalue weighted by Gasteiger charge is 2.24. The smallest absolute Gasteiger partial charge is 0.333 e. The lowest BCUT2D eigenvalue weighted by Crippen LogP contribution is -2.22. The Morgan fingerprint density at radius 3 is 2.23 bits per heavy atom. The molecular formula is C17H19NO4. The van der Waals surface area contributed by atoms with Gasteiger partial charge in [0.2, 0.25) is 0 Å². The van der Waals surface area contributed by atoms with E-state index in [0.29, 0.717) is 11.3 Å². The molecule has 0 fully saturated rings. The summed E-state index contributed by atoms with van der Waals surface area (Å²) in [4.78, 5) is 12.1. The third-order valence-corrected chi connectivity index (χ3v) is 3.29. The molecule has 0 bridgehead atoms. The van der Waals surface area contributed by atoms with Crippen LogP contribution in [0.1, 0.15) is 11.6 Å². The van der Waals surface area contributed by atoms with Gasteiger partial charge in [0.05, 0.1) is 21.3 Å². The van der Waals surface area contributed by atoms with E-state index in [1.54, 1.807) is 20.3 Å². The second-order valence-corrected chi connectivity index (χ2v) is 4.57. The van der Waals surface area contributed by atoms with Crippen LogP contribution >= 0.6 is 0 Å². The second kappa shape index (κ2) is 7.36. The summed E-state index contributed by atoms with van der Waals surface area (Å²) >= 11 is 0. The fourth-order valence-electron chi connectivity index (χ4n) is 2.14. The van der Waals surface area contributed by atoms with Crippen molar-refractivity contribution in [2.75, 3.05) is 26.6 Å². The van der Waals surface area contributed by atoms with Gasteiger partial charge in [-0.3, -0.25) is 0 Å². The molecule has 1 atom stereocenters. The predicted octanol–water partition coefficient (Wildman–Crippen LogP) is 3.03. The quantitative estimate of drug-likeness (QED) is 0.831. The molecule has 5 nitrogen and oxygen atoms in total. The summed E-state index contributed by atoms with van der Waals surface area (Å²) in [6.45, 7) is 0. The molecule has 0 aromatic heterocycles. The van der Waals surface area contributed by atoms with Crippen LogP contribution in [0.4, 0.5) is 5.69 Å². The number of carbonyl (C=O) groups excluding carboxylic acids is 1. The minimum absolute atomic E-state index is 0.389. The largest absolute Gasteiger partial charge is 0.497 e. The molecule has 0 aliphatic carbocycles. The van der Waals surface area contributed by atoms with E-state index in [0.717, 1.165) is 11.4 Å². The highest BCUT2D eigenvalue weighted by molar-refractivity contribution is 5.82. The van der Waals surface area contributed by atoms with Crippen LogP contribution in [0.25, 0.3) is 0 Å². The lowest BCUT2D eigenvalue weighted by Gasteiger charge is -2.20. The normalized spacial score (nSPS) is 11.4. The zero-order valence-electron chi connectivity index (χ0n) is 12.8. The fraction of sp³-hybridized carbons (Fsp3) is 0.235. The number of rotatable bonds is 6. The van der Waals surface area contributed by atoms with E-state index in [9.17, 15) is 4.79 Å². The van der Waals surface area contributed by atoms with Crippen LogP contribution in [0.15, 0.2) is 48.5 Å². The van der Waals surface area contributed by atoms with Crippen molar-refractivity contribution in [2.45, 2.75) is 6.04 Å². The summed E-state index contributed by atoms with van der Waals surface area (Å²) in [5, 5.41) is 3.16. The molecule has 0 aliphatic heterocycles. The summed E-state index contributed by atoms with van der Waals surface area (Å²) in [7, 11) is 4.54. The molecule has 116 valence electrons. The topological polar surface area (TPSA) is 56.8 Å². The van der Waals surface area contributed by atoms with Gasteiger partial charge in [0.15, 0.2) is 6.04 Å². The van der Waals surface area contributed by atoms with Crippen LogP contribution in [0.3, 0.4) is 0 Å². The zero-order chi connectivity index (χ0) is 15.9. The lowest BCUT2D eigenvalue weighted by atomic mass is 10.1. The first-order chi connectivity index (χ1) is 10.7. The Bertz CT molecular complexity index is 625. The van der Waals surface area contributed by atoms with Crippen LogP contribution in [0.5, 0.6) is 11.5 Å². The molecule has 1 N–H and O–H groups in total. The molecule has 1 unspecified atom stereocenters. The Kier molecular flexibility index (Phi) is 5.25. The fourth-order valence-corrected chi connectivity index (χ4v) is 2.14. The van der Waals surface area contributed by atoms with E-state index in [4.69, 9.17) is 14.2 Å². The van der Waals surface area contributed by atoms with Crippen molar-refractivity contribution in [1.82, 2.24) is 0 Å². The van der Waals surface area contributed by atoms with Gasteiger partial charge in [0.1, 0.15) is 11.5 Å². The average molecular weight is 301 g/mol. The number of nitrogens with one attached hydrogen (secondary N) is 1. The van der Waals surface area contributed by atoms with Gasteiger partial charge in [-0.15, -0.1) is 0 Å². The van der Waals surface area contributed by atoms with Gasteiger partial charge in [-0.2, -0.15) is 0 Å². The number of esters is 1. The highest BCUT2D eigenvalue weighted by atomic mass is 16.5. The minimum Gasteiger partial charge on any atom is -0.497 e. The van der Waals surface area contributed by atoms with E-state index in [2.05, 4.69) is 5.32 Å². The van der Waals surface area contributed by atoms with E-state index in [-0.39, 0.29) is 5.97 Å². The van der Waals surface area contributed by atoms with Gasteiger partial charge in [-0.1, -0.05) is 18.2 Å². The van der Waals surface area contributed by atoms with Crippen LogP contribution in [0, 0.1) is 0 Å². The first-order valence-corrected chi connectivity index (χ1v) is 6.81. The molecule has 0 spiro atoms. The van der Waals surface area contributed by atoms with Crippen LogP contribution < -0.4 is 14.8 Å². The van der Waals surface area contributed by atoms with Gasteiger partial charge in [0.25, 0.3) is 0 Å². The van der Waals surface area contributed by atoms with Crippen molar-refractivity contribution in [3.05, 3.63) is 54.1 Å². The Morgan fingerprint density at radius 1 is 0.955 bits per heavy atom. The van der Waals surface area contributed by atoms with E-state index in [1.807, 2.05) is 42.5 Å². The Morgan fingerprint density at radius 2 is 1.64 bits per heavy atom. The number of hydrogen-bond acceptors (Lipinski definition) is 5. The van der Waals surface area contributed by atoms with Crippen molar-refractivity contribution >= 4 is 11.7 Å². The molecule has 0 radical (unpaired) electrons. The summed E-state index contributed by atoms with van der Waals surface area (Å²) in [6.07, 6.45) is 0. The number of carbonyl (C=O) groups is 1. The summed E-state index contributed by atoms with van der Waals surface area (Å²) < 4.78 is 15.4. The molecule has 2 aromatic carbocycles. The van der Waals surface area contributed by atoms with Crippen molar-refractivity contribution in [3.63, 3.8) is 0 Å². The van der Waals surface area contributed by atoms with Crippen molar-refractivity contribution < 1.29 is 19.0 Å². The van der Waals surface area contributed by atoms with Gasteiger partial charge >= 0.3 is 5.97 Å². The van der Waals surface area contributed by atoms with E-state index in [1.165, 1.54) is 7.11 Å². The Hall–Kier alpha value is -2.69. The average Bonchev–Trinajstić information content (AvgIpc) is 2.59. The predicted molar refractivity (Wildman–Crippen MR) is 84.4 cm³/mol. The molecule has 2 aromatic rings. The van der Waals surface area contributed by atoms with Crippen LogP contribution in [-0.4, -0.2) is 27.3 Å². The van der Waals surface area contributed by atoms with Gasteiger partial charge in [0, 0.05) is 11.3 Å². The maximum atomic E-state index is 12.1. The first kappa shape index (κ1) is 15.7. The van der Waals surface area contributed by atoms with Crippen molar-refractivity contribution in [2.24, 2.45) is 0 Å². The number of ether oxygens (including phenoxy) is 3. The monoisotopic (exact) mass is 301 g/mol. The molecule has 0 heterocycles. The van der Waals surface area contributed by atoms with Crippen molar-refractivity contribution in [3.8, 4) is 11.5 Å². The number of benzene rings is 2. The third-order valence-electron chi connectivity index (χ3n) is 3.29. The summed E-state index contributed by atoms with van der Waals surface area (Å²) in [6, 6.07) is 14.0. The third kappa shape index (κ3) is 3.49. The molecule has 2 rings (SSSR count). The van der Waals surface area contributed by atoms with E-state index >= 15 is 0 Å². The molecule has 5 heteroatoms. The number of methoxy groups -OCH3 is 3. The lowest BCUT2D eigenvalue weighted by molar-refractivity contribution is -0.141. The summed E-state index contributed by atoms with van der Waals surface area (Å²) in [5.41, 5.74) is 1.50. The van der Waals surface area contributed by atoms with Crippen LogP contribution in [-0.2, 0) is 9.53 Å². The summed E-state index contributed by atoms with van der Waals surface area (Å²) in [5.74, 6) is 0.983. The molecule has 0 saturated carbocycles. The molecule has 0 saturated heterocycles. The second-order valence-electron chi connectivity index (χ2n) is 4.57. The van der Waals surface area contributed by atoms with Gasteiger partial charge in [-0.05, 0) is 30.3 Å². The number of hydrogen-bond donors (Lipinski definition) is 1. The molecular weight excluding hydrogens is 282 g/mol. The minimum atomic E-state index is -0.658. The zero-order valence-corrected chi connectivity index (χ0v) is 12.8. The number of anilines is 1. The molecule has 0 aliphatic rings. The Labute approximate surface area is 129 Å². The molecule has 22 heavy (non-hydrogen) atoms.